The van der Waals surface area contributed by atoms with Crippen molar-refractivity contribution < 1.29 is 4.79 Å². The van der Waals surface area contributed by atoms with Gasteiger partial charge < -0.3 is 10.2 Å². The summed E-state index contributed by atoms with van der Waals surface area (Å²) < 4.78 is 0. The minimum Gasteiger partial charge on any atom is -0.336 e. The SMILES string of the molecule is CCN(C(=O)/C=C/c1ccccc1)C1CC2CCC(C1)N2. The molecule has 2 heterocycles. The Hall–Kier alpha value is -1.61. The molecular formula is C18H24N2O. The lowest BCUT2D eigenvalue weighted by Gasteiger charge is -2.36. The minimum absolute atomic E-state index is 0.146. The highest BCUT2D eigenvalue weighted by atomic mass is 16.2. The van der Waals surface area contributed by atoms with Gasteiger partial charge in [0.25, 0.3) is 0 Å². The van der Waals surface area contributed by atoms with Gasteiger partial charge in [-0.25, -0.2) is 0 Å². The molecule has 21 heavy (non-hydrogen) atoms. The van der Waals surface area contributed by atoms with E-state index in [0.717, 1.165) is 24.9 Å². The van der Waals surface area contributed by atoms with Gasteiger partial charge in [0.1, 0.15) is 0 Å². The molecule has 0 radical (unpaired) electrons. The van der Waals surface area contributed by atoms with E-state index in [4.69, 9.17) is 0 Å². The molecule has 3 nitrogen and oxygen atoms in total. The van der Waals surface area contributed by atoms with E-state index >= 15 is 0 Å². The first kappa shape index (κ1) is 14.3. The smallest absolute Gasteiger partial charge is 0.246 e. The molecule has 3 heteroatoms. The van der Waals surface area contributed by atoms with Crippen LogP contribution in [-0.2, 0) is 4.79 Å². The maximum absolute atomic E-state index is 12.5. The fourth-order valence-electron chi connectivity index (χ4n) is 3.70. The van der Waals surface area contributed by atoms with E-state index in [1.807, 2.05) is 41.3 Å². The van der Waals surface area contributed by atoms with Crippen LogP contribution in [0.4, 0.5) is 0 Å². The van der Waals surface area contributed by atoms with Crippen LogP contribution in [0.1, 0.15) is 38.2 Å². The van der Waals surface area contributed by atoms with Gasteiger partial charge in [-0.2, -0.15) is 0 Å². The molecule has 0 aromatic heterocycles. The van der Waals surface area contributed by atoms with Gasteiger partial charge >= 0.3 is 0 Å². The lowest BCUT2D eigenvalue weighted by atomic mass is 9.98. The maximum atomic E-state index is 12.5. The maximum Gasteiger partial charge on any atom is 0.246 e. The first-order valence-corrected chi connectivity index (χ1v) is 8.06. The number of carbonyl (C=O) groups is 1. The number of amides is 1. The Kier molecular flexibility index (Phi) is 4.39. The normalized spacial score (nSPS) is 28.0. The Labute approximate surface area is 127 Å². The summed E-state index contributed by atoms with van der Waals surface area (Å²) in [7, 11) is 0. The van der Waals surface area contributed by atoms with E-state index in [2.05, 4.69) is 12.2 Å². The fraction of sp³-hybridized carbons (Fsp3) is 0.500. The zero-order valence-electron chi connectivity index (χ0n) is 12.7. The second-order valence-electron chi connectivity index (χ2n) is 6.13. The third-order valence-corrected chi connectivity index (χ3v) is 4.73. The molecular weight excluding hydrogens is 260 g/mol. The third-order valence-electron chi connectivity index (χ3n) is 4.73. The predicted octanol–water partition coefficient (Wildman–Crippen LogP) is 2.83. The first-order valence-electron chi connectivity index (χ1n) is 8.06. The average Bonchev–Trinajstić information content (AvgIpc) is 2.85. The molecule has 0 spiro atoms. The molecule has 0 saturated carbocycles. The van der Waals surface area contributed by atoms with Gasteiger partial charge in [0, 0.05) is 30.7 Å². The van der Waals surface area contributed by atoms with Crippen molar-refractivity contribution in [3.63, 3.8) is 0 Å². The van der Waals surface area contributed by atoms with Crippen molar-refractivity contribution in [1.29, 1.82) is 0 Å². The first-order chi connectivity index (χ1) is 10.3. The molecule has 2 unspecified atom stereocenters. The molecule has 2 atom stereocenters. The fourth-order valence-corrected chi connectivity index (χ4v) is 3.70. The highest BCUT2D eigenvalue weighted by Crippen LogP contribution is 2.29. The zero-order chi connectivity index (χ0) is 14.7. The average molecular weight is 284 g/mol. The number of piperidine rings is 1. The van der Waals surface area contributed by atoms with Crippen LogP contribution in [0.2, 0.25) is 0 Å². The number of nitrogens with one attached hydrogen (secondary N) is 1. The quantitative estimate of drug-likeness (QED) is 0.862. The Morgan fingerprint density at radius 2 is 1.90 bits per heavy atom. The molecule has 3 rings (SSSR count). The van der Waals surface area contributed by atoms with Crippen LogP contribution in [0.3, 0.4) is 0 Å². The molecule has 112 valence electrons. The van der Waals surface area contributed by atoms with Crippen LogP contribution in [0.15, 0.2) is 36.4 Å². The summed E-state index contributed by atoms with van der Waals surface area (Å²) >= 11 is 0. The summed E-state index contributed by atoms with van der Waals surface area (Å²) in [6.45, 7) is 2.88. The summed E-state index contributed by atoms with van der Waals surface area (Å²) in [5.74, 6) is 0.146. The monoisotopic (exact) mass is 284 g/mol. The van der Waals surface area contributed by atoms with Crippen molar-refractivity contribution in [1.82, 2.24) is 10.2 Å². The summed E-state index contributed by atoms with van der Waals surface area (Å²) in [5.41, 5.74) is 1.08. The molecule has 1 amide bonds. The van der Waals surface area contributed by atoms with Gasteiger partial charge in [0.15, 0.2) is 0 Å². The number of likely N-dealkylation sites (N-methyl/N-ethyl adjacent to an activating group) is 1. The Morgan fingerprint density at radius 3 is 2.52 bits per heavy atom. The summed E-state index contributed by atoms with van der Waals surface area (Å²) in [4.78, 5) is 14.5. The van der Waals surface area contributed by atoms with Gasteiger partial charge in [-0.1, -0.05) is 30.3 Å². The number of nitrogens with zero attached hydrogens (tertiary/aromatic N) is 1. The van der Waals surface area contributed by atoms with Crippen LogP contribution in [0.25, 0.3) is 6.08 Å². The van der Waals surface area contributed by atoms with Crippen LogP contribution in [0.5, 0.6) is 0 Å². The molecule has 2 aliphatic rings. The van der Waals surface area contributed by atoms with Crippen molar-refractivity contribution in [2.24, 2.45) is 0 Å². The molecule has 2 bridgehead atoms. The van der Waals surface area contributed by atoms with Crippen molar-refractivity contribution in [3.8, 4) is 0 Å². The summed E-state index contributed by atoms with van der Waals surface area (Å²) in [5, 5.41) is 3.64. The molecule has 2 aliphatic heterocycles. The molecule has 1 aromatic carbocycles. The predicted molar refractivity (Wildman–Crippen MR) is 85.8 cm³/mol. The lowest BCUT2D eigenvalue weighted by Crippen LogP contribution is -2.49. The van der Waals surface area contributed by atoms with Crippen molar-refractivity contribution >= 4 is 12.0 Å². The molecule has 1 aromatic rings. The Bertz CT molecular complexity index is 499. The number of carbonyl (C=O) groups excluding carboxylic acids is 1. The van der Waals surface area contributed by atoms with E-state index in [-0.39, 0.29) is 5.91 Å². The van der Waals surface area contributed by atoms with E-state index in [1.54, 1.807) is 6.08 Å². The van der Waals surface area contributed by atoms with Crippen molar-refractivity contribution in [2.45, 2.75) is 50.7 Å². The second-order valence-corrected chi connectivity index (χ2v) is 6.13. The van der Waals surface area contributed by atoms with Gasteiger partial charge in [0.2, 0.25) is 5.91 Å². The molecule has 0 aliphatic carbocycles. The van der Waals surface area contributed by atoms with Crippen LogP contribution in [-0.4, -0.2) is 35.5 Å². The second kappa shape index (κ2) is 6.44. The highest BCUT2D eigenvalue weighted by molar-refractivity contribution is 5.92. The number of hydrogen-bond acceptors (Lipinski definition) is 2. The van der Waals surface area contributed by atoms with Crippen LogP contribution >= 0.6 is 0 Å². The van der Waals surface area contributed by atoms with Crippen LogP contribution < -0.4 is 5.32 Å². The van der Waals surface area contributed by atoms with E-state index < -0.39 is 0 Å². The topological polar surface area (TPSA) is 32.3 Å². The van der Waals surface area contributed by atoms with Gasteiger partial charge in [-0.15, -0.1) is 0 Å². The zero-order valence-corrected chi connectivity index (χ0v) is 12.7. The van der Waals surface area contributed by atoms with Gasteiger partial charge in [0.05, 0.1) is 0 Å². The number of fused-ring (bicyclic) bond motifs is 2. The third kappa shape index (κ3) is 3.35. The highest BCUT2D eigenvalue weighted by Gasteiger charge is 2.36. The molecule has 2 fully saturated rings. The minimum atomic E-state index is 0.146. The Morgan fingerprint density at radius 1 is 1.24 bits per heavy atom. The van der Waals surface area contributed by atoms with Crippen LogP contribution in [0, 0.1) is 0 Å². The van der Waals surface area contributed by atoms with Gasteiger partial charge in [-0.05, 0) is 44.2 Å². The van der Waals surface area contributed by atoms with E-state index in [0.29, 0.717) is 18.1 Å². The standard InChI is InChI=1S/C18H24N2O/c1-2-20(17-12-15-9-10-16(13-17)19-15)18(21)11-8-14-6-4-3-5-7-14/h3-8,11,15-17,19H,2,9-10,12-13H2,1H3/b11-8+. The van der Waals surface area contributed by atoms with Crippen molar-refractivity contribution in [3.05, 3.63) is 42.0 Å². The largest absolute Gasteiger partial charge is 0.336 e. The summed E-state index contributed by atoms with van der Waals surface area (Å²) in [6.07, 6.45) is 8.40. The molecule has 1 N–H and O–H groups in total. The lowest BCUT2D eigenvalue weighted by molar-refractivity contribution is -0.128. The van der Waals surface area contributed by atoms with Crippen molar-refractivity contribution in [2.75, 3.05) is 6.54 Å². The van der Waals surface area contributed by atoms with Gasteiger partial charge in [-0.3, -0.25) is 4.79 Å². The molecule has 2 saturated heterocycles. The summed E-state index contributed by atoms with van der Waals surface area (Å²) in [6, 6.07) is 11.7. The number of hydrogen-bond donors (Lipinski definition) is 1. The number of benzene rings is 1. The Balaban J connectivity index is 1.65. The number of rotatable bonds is 4. The van der Waals surface area contributed by atoms with E-state index in [9.17, 15) is 4.79 Å². The van der Waals surface area contributed by atoms with E-state index in [1.165, 1.54) is 12.8 Å².